The lowest BCUT2D eigenvalue weighted by Crippen LogP contribution is -2.52. The topological polar surface area (TPSA) is 29.3 Å². The second-order valence-corrected chi connectivity index (χ2v) is 4.24. The van der Waals surface area contributed by atoms with Crippen LogP contribution >= 0.6 is 0 Å². The van der Waals surface area contributed by atoms with Crippen molar-refractivity contribution in [1.82, 2.24) is 10.1 Å². The van der Waals surface area contributed by atoms with E-state index in [1.807, 2.05) is 0 Å². The first-order valence-corrected chi connectivity index (χ1v) is 5.08. The van der Waals surface area contributed by atoms with Gasteiger partial charge in [0, 0.05) is 25.2 Å². The highest BCUT2D eigenvalue weighted by molar-refractivity contribution is 5.20. The molecule has 1 aliphatic heterocycles. The number of nitrogens with zero attached hydrogens (tertiary/aromatic N) is 2. The Kier molecular flexibility index (Phi) is 2.69. The summed E-state index contributed by atoms with van der Waals surface area (Å²) in [5.74, 6) is -0.485. The van der Waals surface area contributed by atoms with Crippen LogP contribution in [0.3, 0.4) is 0 Å². The van der Waals surface area contributed by atoms with Gasteiger partial charge in [0.1, 0.15) is 5.76 Å². The van der Waals surface area contributed by atoms with Crippen molar-refractivity contribution in [3.63, 3.8) is 0 Å². The van der Waals surface area contributed by atoms with Gasteiger partial charge < -0.3 is 4.52 Å². The van der Waals surface area contributed by atoms with E-state index in [1.165, 1.54) is 0 Å². The molecule has 1 aromatic rings. The molecule has 1 fully saturated rings. The fourth-order valence-corrected chi connectivity index (χ4v) is 1.86. The molecule has 0 amide bonds. The van der Waals surface area contributed by atoms with Crippen molar-refractivity contribution in [2.45, 2.75) is 26.6 Å². The highest BCUT2D eigenvalue weighted by Crippen LogP contribution is 2.34. The summed E-state index contributed by atoms with van der Waals surface area (Å²) >= 11 is 0. The Bertz CT molecular complexity index is 360. The van der Waals surface area contributed by atoms with Crippen LogP contribution in [0.5, 0.6) is 0 Å². The van der Waals surface area contributed by atoms with Crippen LogP contribution in [0.15, 0.2) is 4.52 Å². The van der Waals surface area contributed by atoms with Gasteiger partial charge in [-0.05, 0) is 13.8 Å². The Morgan fingerprint density at radius 2 is 2.00 bits per heavy atom. The van der Waals surface area contributed by atoms with Crippen LogP contribution in [0.1, 0.15) is 17.0 Å². The molecule has 6 heteroatoms. The molecule has 0 bridgehead atoms. The fraction of sp³-hybridized carbons (Fsp3) is 0.700. The highest BCUT2D eigenvalue weighted by atomic mass is 19.4. The Balaban J connectivity index is 1.91. The van der Waals surface area contributed by atoms with E-state index in [2.05, 4.69) is 5.16 Å². The van der Waals surface area contributed by atoms with E-state index in [1.54, 1.807) is 18.7 Å². The summed E-state index contributed by atoms with van der Waals surface area (Å²) in [5.41, 5.74) is 1.66. The van der Waals surface area contributed by atoms with E-state index in [0.717, 1.165) is 11.3 Å². The Morgan fingerprint density at radius 1 is 1.38 bits per heavy atom. The number of likely N-dealkylation sites (tertiary alicyclic amines) is 1. The van der Waals surface area contributed by atoms with Crippen LogP contribution < -0.4 is 0 Å². The van der Waals surface area contributed by atoms with Crippen molar-refractivity contribution in [1.29, 1.82) is 0 Å². The summed E-state index contributed by atoms with van der Waals surface area (Å²) in [4.78, 5) is 1.75. The third-order valence-corrected chi connectivity index (χ3v) is 2.98. The summed E-state index contributed by atoms with van der Waals surface area (Å²) in [6.45, 7) is 4.22. The molecular weight excluding hydrogens is 221 g/mol. The Morgan fingerprint density at radius 3 is 2.44 bits per heavy atom. The van der Waals surface area contributed by atoms with Gasteiger partial charge in [0.2, 0.25) is 0 Å². The molecule has 2 heterocycles. The van der Waals surface area contributed by atoms with Crippen LogP contribution in [0.4, 0.5) is 13.2 Å². The number of aryl methyl sites for hydroxylation is 2. The number of aromatic nitrogens is 1. The summed E-state index contributed by atoms with van der Waals surface area (Å²) in [6, 6.07) is 0. The van der Waals surface area contributed by atoms with Gasteiger partial charge in [-0.1, -0.05) is 5.16 Å². The Hall–Kier alpha value is -1.04. The Labute approximate surface area is 91.2 Å². The number of rotatable bonds is 2. The minimum absolute atomic E-state index is 0.0769. The van der Waals surface area contributed by atoms with Gasteiger partial charge in [-0.25, -0.2) is 0 Å². The van der Waals surface area contributed by atoms with Crippen molar-refractivity contribution in [3.8, 4) is 0 Å². The first kappa shape index (κ1) is 11.4. The van der Waals surface area contributed by atoms with E-state index < -0.39 is 12.1 Å². The molecule has 0 saturated carbocycles. The predicted molar refractivity (Wildman–Crippen MR) is 50.8 cm³/mol. The lowest BCUT2D eigenvalue weighted by atomic mass is 9.98. The third-order valence-electron chi connectivity index (χ3n) is 2.98. The van der Waals surface area contributed by atoms with Crippen molar-refractivity contribution >= 4 is 0 Å². The second-order valence-electron chi connectivity index (χ2n) is 4.24. The number of halogens is 3. The third kappa shape index (κ3) is 2.07. The smallest absolute Gasteiger partial charge is 0.361 e. The van der Waals surface area contributed by atoms with Gasteiger partial charge in [-0.3, -0.25) is 4.90 Å². The van der Waals surface area contributed by atoms with Crippen molar-refractivity contribution < 1.29 is 17.7 Å². The molecule has 2 rings (SSSR count). The van der Waals surface area contributed by atoms with Crippen LogP contribution in [-0.4, -0.2) is 29.3 Å². The first-order chi connectivity index (χ1) is 7.38. The van der Waals surface area contributed by atoms with Crippen LogP contribution in [0.2, 0.25) is 0 Å². The monoisotopic (exact) mass is 234 g/mol. The molecule has 90 valence electrons. The molecule has 0 atom stereocenters. The van der Waals surface area contributed by atoms with E-state index in [0.29, 0.717) is 12.3 Å². The van der Waals surface area contributed by atoms with Gasteiger partial charge in [-0.2, -0.15) is 13.2 Å². The average molecular weight is 234 g/mol. The fourth-order valence-electron chi connectivity index (χ4n) is 1.86. The standard InChI is InChI=1S/C10H13F3N2O/c1-6-9(7(2)16-14-6)5-15-3-8(4-15)10(11,12)13/h8H,3-5H2,1-2H3. The minimum atomic E-state index is -4.06. The molecule has 0 aromatic carbocycles. The van der Waals surface area contributed by atoms with Crippen molar-refractivity contribution in [2.24, 2.45) is 5.92 Å². The molecule has 3 nitrogen and oxygen atoms in total. The maximum Gasteiger partial charge on any atom is 0.394 e. The summed E-state index contributed by atoms with van der Waals surface area (Å²) in [7, 11) is 0. The number of alkyl halides is 3. The molecule has 0 N–H and O–H groups in total. The maximum atomic E-state index is 12.3. The molecule has 0 aliphatic carbocycles. The average Bonchev–Trinajstić information content (AvgIpc) is 2.37. The molecule has 0 radical (unpaired) electrons. The largest absolute Gasteiger partial charge is 0.394 e. The van der Waals surface area contributed by atoms with Gasteiger partial charge in [0.05, 0.1) is 11.6 Å². The van der Waals surface area contributed by atoms with E-state index in [9.17, 15) is 13.2 Å². The normalized spacial score (nSPS) is 18.8. The quantitative estimate of drug-likeness (QED) is 0.786. The zero-order valence-electron chi connectivity index (χ0n) is 9.14. The van der Waals surface area contributed by atoms with E-state index >= 15 is 0 Å². The molecule has 1 aliphatic rings. The highest BCUT2D eigenvalue weighted by Gasteiger charge is 2.47. The first-order valence-electron chi connectivity index (χ1n) is 5.08. The van der Waals surface area contributed by atoms with Gasteiger partial charge in [0.25, 0.3) is 0 Å². The summed E-state index contributed by atoms with van der Waals surface area (Å²) in [6.07, 6.45) is -4.06. The zero-order valence-corrected chi connectivity index (χ0v) is 9.14. The molecule has 1 saturated heterocycles. The van der Waals surface area contributed by atoms with Gasteiger partial charge in [0.15, 0.2) is 0 Å². The van der Waals surface area contributed by atoms with Crippen molar-refractivity contribution in [2.75, 3.05) is 13.1 Å². The van der Waals surface area contributed by atoms with Crippen LogP contribution in [-0.2, 0) is 6.54 Å². The molecular formula is C10H13F3N2O. The molecule has 16 heavy (non-hydrogen) atoms. The van der Waals surface area contributed by atoms with E-state index in [-0.39, 0.29) is 13.1 Å². The van der Waals surface area contributed by atoms with Crippen LogP contribution in [0.25, 0.3) is 0 Å². The molecule has 0 unspecified atom stereocenters. The van der Waals surface area contributed by atoms with Crippen molar-refractivity contribution in [3.05, 3.63) is 17.0 Å². The lowest BCUT2D eigenvalue weighted by Gasteiger charge is -2.39. The van der Waals surface area contributed by atoms with Crippen LogP contribution in [0, 0.1) is 19.8 Å². The minimum Gasteiger partial charge on any atom is -0.361 e. The predicted octanol–water partition coefficient (Wildman–Crippen LogP) is 2.29. The maximum absolute atomic E-state index is 12.3. The SMILES string of the molecule is Cc1noc(C)c1CN1CC(C(F)(F)F)C1. The lowest BCUT2D eigenvalue weighted by molar-refractivity contribution is -0.210. The van der Waals surface area contributed by atoms with Gasteiger partial charge in [-0.15, -0.1) is 0 Å². The molecule has 1 aromatic heterocycles. The second kappa shape index (κ2) is 3.76. The van der Waals surface area contributed by atoms with Gasteiger partial charge >= 0.3 is 6.18 Å². The zero-order chi connectivity index (χ0) is 11.9. The number of hydrogen-bond acceptors (Lipinski definition) is 3. The summed E-state index contributed by atoms with van der Waals surface area (Å²) < 4.78 is 41.7. The number of hydrogen-bond donors (Lipinski definition) is 0. The summed E-state index contributed by atoms with van der Waals surface area (Å²) in [5, 5.41) is 3.77. The van der Waals surface area contributed by atoms with E-state index in [4.69, 9.17) is 4.52 Å². The molecule has 0 spiro atoms.